The average molecular weight is 245 g/mol. The molecule has 0 heterocycles. The van der Waals surface area contributed by atoms with E-state index in [-0.39, 0.29) is 12.3 Å². The lowest BCUT2D eigenvalue weighted by atomic mass is 10.2. The van der Waals surface area contributed by atoms with Gasteiger partial charge in [-0.05, 0) is 20.5 Å². The zero-order chi connectivity index (χ0) is 13.4. The van der Waals surface area contributed by atoms with Gasteiger partial charge in [-0.25, -0.2) is 0 Å². The Morgan fingerprint density at radius 2 is 1.82 bits per heavy atom. The molecule has 0 saturated heterocycles. The molecule has 6 heteroatoms. The largest absolute Gasteiger partial charge is 0.481 e. The molecule has 3 N–H and O–H groups in total. The van der Waals surface area contributed by atoms with Crippen LogP contribution >= 0.6 is 0 Å². The first-order valence-corrected chi connectivity index (χ1v) is 5.79. The van der Waals surface area contributed by atoms with Crippen molar-refractivity contribution in [3.8, 4) is 0 Å². The van der Waals surface area contributed by atoms with E-state index in [0.717, 1.165) is 13.0 Å². The van der Waals surface area contributed by atoms with Crippen LogP contribution in [0.4, 0.5) is 0 Å². The third kappa shape index (κ3) is 6.91. The highest BCUT2D eigenvalue weighted by Crippen LogP contribution is 2.00. The quantitative estimate of drug-likeness (QED) is 0.607. The first-order valence-electron chi connectivity index (χ1n) is 5.79. The van der Waals surface area contributed by atoms with Crippen molar-refractivity contribution in [1.29, 1.82) is 0 Å². The SMILES string of the molecule is CCCN(CCN(C)C)C(=O)C(N)CC(=O)O. The monoisotopic (exact) mass is 245 g/mol. The third-order valence-electron chi connectivity index (χ3n) is 2.33. The van der Waals surface area contributed by atoms with Crippen LogP contribution in [0.15, 0.2) is 0 Å². The van der Waals surface area contributed by atoms with E-state index in [4.69, 9.17) is 10.8 Å². The van der Waals surface area contributed by atoms with Gasteiger partial charge in [-0.15, -0.1) is 0 Å². The summed E-state index contributed by atoms with van der Waals surface area (Å²) in [6, 6.07) is -0.943. The molecule has 1 atom stereocenters. The summed E-state index contributed by atoms with van der Waals surface area (Å²) in [5, 5.41) is 8.60. The van der Waals surface area contributed by atoms with Gasteiger partial charge >= 0.3 is 5.97 Å². The Morgan fingerprint density at radius 3 is 2.24 bits per heavy atom. The van der Waals surface area contributed by atoms with E-state index < -0.39 is 12.0 Å². The van der Waals surface area contributed by atoms with Crippen LogP contribution in [0, 0.1) is 0 Å². The van der Waals surface area contributed by atoms with Crippen molar-refractivity contribution in [3.63, 3.8) is 0 Å². The van der Waals surface area contributed by atoms with Crippen LogP contribution in [-0.4, -0.2) is 66.6 Å². The normalized spacial score (nSPS) is 12.5. The Morgan fingerprint density at radius 1 is 1.24 bits per heavy atom. The number of carboxylic acids is 1. The molecule has 0 saturated carbocycles. The molecule has 100 valence electrons. The Kier molecular flexibility index (Phi) is 7.49. The highest BCUT2D eigenvalue weighted by molar-refractivity contribution is 5.85. The van der Waals surface area contributed by atoms with Gasteiger partial charge in [-0.3, -0.25) is 9.59 Å². The van der Waals surface area contributed by atoms with Crippen LogP contribution in [0.25, 0.3) is 0 Å². The van der Waals surface area contributed by atoms with Crippen molar-refractivity contribution in [2.24, 2.45) is 5.73 Å². The standard InChI is InChI=1S/C11H23N3O3/c1-4-5-14(7-6-13(2)3)11(17)9(12)8-10(15)16/h9H,4-8,12H2,1-3H3,(H,15,16). The number of carbonyl (C=O) groups is 2. The van der Waals surface area contributed by atoms with Crippen LogP contribution in [0.1, 0.15) is 19.8 Å². The van der Waals surface area contributed by atoms with Gasteiger partial charge in [0.15, 0.2) is 0 Å². The lowest BCUT2D eigenvalue weighted by Gasteiger charge is -2.26. The van der Waals surface area contributed by atoms with Crippen LogP contribution in [0.3, 0.4) is 0 Å². The summed E-state index contributed by atoms with van der Waals surface area (Å²) in [5.74, 6) is -1.33. The fourth-order valence-electron chi connectivity index (χ4n) is 1.43. The predicted molar refractivity (Wildman–Crippen MR) is 65.7 cm³/mol. The maximum absolute atomic E-state index is 11.9. The molecule has 0 spiro atoms. The summed E-state index contributed by atoms with van der Waals surface area (Å²) >= 11 is 0. The van der Waals surface area contributed by atoms with Gasteiger partial charge < -0.3 is 20.6 Å². The summed E-state index contributed by atoms with van der Waals surface area (Å²) in [4.78, 5) is 26.0. The van der Waals surface area contributed by atoms with Crippen LogP contribution in [0.5, 0.6) is 0 Å². The predicted octanol–water partition coefficient (Wildman–Crippen LogP) is -0.411. The number of carbonyl (C=O) groups excluding carboxylic acids is 1. The molecule has 0 radical (unpaired) electrons. The minimum Gasteiger partial charge on any atom is -0.481 e. The maximum Gasteiger partial charge on any atom is 0.305 e. The summed E-state index contributed by atoms with van der Waals surface area (Å²) in [6.45, 7) is 3.90. The number of nitrogens with two attached hydrogens (primary N) is 1. The Balaban J connectivity index is 4.36. The van der Waals surface area contributed by atoms with E-state index in [0.29, 0.717) is 13.1 Å². The molecular formula is C11H23N3O3. The van der Waals surface area contributed by atoms with E-state index in [1.54, 1.807) is 4.90 Å². The van der Waals surface area contributed by atoms with Crippen LogP contribution in [-0.2, 0) is 9.59 Å². The number of nitrogens with zero attached hydrogens (tertiary/aromatic N) is 2. The second kappa shape index (κ2) is 8.03. The second-order valence-electron chi connectivity index (χ2n) is 4.33. The van der Waals surface area contributed by atoms with Crippen molar-refractivity contribution in [1.82, 2.24) is 9.80 Å². The fraction of sp³-hybridized carbons (Fsp3) is 0.818. The van der Waals surface area contributed by atoms with Gasteiger partial charge in [0.1, 0.15) is 0 Å². The average Bonchev–Trinajstić information content (AvgIpc) is 2.21. The number of hydrogen-bond donors (Lipinski definition) is 2. The number of aliphatic carboxylic acids is 1. The lowest BCUT2D eigenvalue weighted by molar-refractivity contribution is -0.142. The van der Waals surface area contributed by atoms with Gasteiger partial charge in [0.05, 0.1) is 12.5 Å². The molecule has 0 aromatic rings. The van der Waals surface area contributed by atoms with E-state index >= 15 is 0 Å². The van der Waals surface area contributed by atoms with Crippen molar-refractivity contribution in [2.75, 3.05) is 33.7 Å². The smallest absolute Gasteiger partial charge is 0.305 e. The number of amides is 1. The van der Waals surface area contributed by atoms with E-state index in [9.17, 15) is 9.59 Å². The molecule has 17 heavy (non-hydrogen) atoms. The first kappa shape index (κ1) is 15.9. The second-order valence-corrected chi connectivity index (χ2v) is 4.33. The highest BCUT2D eigenvalue weighted by Gasteiger charge is 2.22. The highest BCUT2D eigenvalue weighted by atomic mass is 16.4. The fourth-order valence-corrected chi connectivity index (χ4v) is 1.43. The molecule has 0 aromatic heterocycles. The summed E-state index contributed by atoms with van der Waals surface area (Å²) < 4.78 is 0. The topological polar surface area (TPSA) is 86.9 Å². The molecule has 0 rings (SSSR count). The number of hydrogen-bond acceptors (Lipinski definition) is 4. The van der Waals surface area contributed by atoms with Crippen molar-refractivity contribution in [3.05, 3.63) is 0 Å². The minimum atomic E-state index is -1.05. The first-order chi connectivity index (χ1) is 7.88. The zero-order valence-corrected chi connectivity index (χ0v) is 10.8. The summed E-state index contributed by atoms with van der Waals surface area (Å²) in [5.41, 5.74) is 5.57. The maximum atomic E-state index is 11.9. The number of likely N-dealkylation sites (N-methyl/N-ethyl adjacent to an activating group) is 1. The molecule has 0 aromatic carbocycles. The van der Waals surface area contributed by atoms with Crippen LogP contribution in [0.2, 0.25) is 0 Å². The molecule has 0 bridgehead atoms. The molecule has 1 unspecified atom stereocenters. The van der Waals surface area contributed by atoms with Crippen molar-refractivity contribution >= 4 is 11.9 Å². The molecular weight excluding hydrogens is 222 g/mol. The summed E-state index contributed by atoms with van der Waals surface area (Å²) in [6.07, 6.45) is 0.514. The van der Waals surface area contributed by atoms with Crippen molar-refractivity contribution < 1.29 is 14.7 Å². The molecule has 6 nitrogen and oxygen atoms in total. The number of carboxylic acid groups (broad SMARTS) is 1. The molecule has 0 aliphatic rings. The van der Waals surface area contributed by atoms with Gasteiger partial charge in [-0.1, -0.05) is 6.92 Å². The Hall–Kier alpha value is -1.14. The zero-order valence-electron chi connectivity index (χ0n) is 10.8. The Bertz CT molecular complexity index is 256. The lowest BCUT2D eigenvalue weighted by Crippen LogP contribution is -2.47. The van der Waals surface area contributed by atoms with Gasteiger partial charge in [0.2, 0.25) is 5.91 Å². The van der Waals surface area contributed by atoms with Crippen molar-refractivity contribution in [2.45, 2.75) is 25.8 Å². The Labute approximate surface area is 102 Å². The van der Waals surface area contributed by atoms with E-state index in [2.05, 4.69) is 0 Å². The van der Waals surface area contributed by atoms with Gasteiger partial charge in [0, 0.05) is 19.6 Å². The van der Waals surface area contributed by atoms with Crippen LogP contribution < -0.4 is 5.73 Å². The molecule has 0 fully saturated rings. The van der Waals surface area contributed by atoms with Gasteiger partial charge in [-0.2, -0.15) is 0 Å². The van der Waals surface area contributed by atoms with Gasteiger partial charge in [0.25, 0.3) is 0 Å². The number of rotatable bonds is 8. The molecule has 0 aliphatic carbocycles. The van der Waals surface area contributed by atoms with E-state index in [1.807, 2.05) is 25.9 Å². The molecule has 1 amide bonds. The summed E-state index contributed by atoms with van der Waals surface area (Å²) in [7, 11) is 3.84. The molecule has 0 aliphatic heterocycles. The third-order valence-corrected chi connectivity index (χ3v) is 2.33. The van der Waals surface area contributed by atoms with E-state index in [1.165, 1.54) is 0 Å². The minimum absolute atomic E-state index is 0.281.